The number of ether oxygens (including phenoxy) is 1. The summed E-state index contributed by atoms with van der Waals surface area (Å²) >= 11 is -0.0349. The lowest BCUT2D eigenvalue weighted by Crippen LogP contribution is -2.11. The third kappa shape index (κ3) is 5.20. The lowest BCUT2D eigenvalue weighted by Gasteiger charge is -2.14. The molecule has 3 nitrogen and oxygen atoms in total. The second kappa shape index (κ2) is 9.18. The zero-order valence-corrected chi connectivity index (χ0v) is 15.1. The zero-order chi connectivity index (χ0) is 20.1. The molecule has 1 atom stereocenters. The molecular formula is C18H15F5O3S. The first kappa shape index (κ1) is 21.2. The Morgan fingerprint density at radius 2 is 1.48 bits per heavy atom. The van der Waals surface area contributed by atoms with Crippen LogP contribution in [0.25, 0.3) is 0 Å². The van der Waals surface area contributed by atoms with Gasteiger partial charge in [0.2, 0.25) is 5.82 Å². The summed E-state index contributed by atoms with van der Waals surface area (Å²) in [6.45, 7) is 3.25. The molecule has 0 aromatic heterocycles. The quantitative estimate of drug-likeness (QED) is 0.154. The van der Waals surface area contributed by atoms with Crippen LogP contribution in [0.15, 0.2) is 29.2 Å². The number of aryl methyl sites for hydroxylation is 1. The predicted molar refractivity (Wildman–Crippen MR) is 88.3 cm³/mol. The summed E-state index contributed by atoms with van der Waals surface area (Å²) in [4.78, 5) is 10.6. The molecule has 146 valence electrons. The van der Waals surface area contributed by atoms with Crippen LogP contribution in [0.5, 0.6) is 0 Å². The van der Waals surface area contributed by atoms with Crippen LogP contribution in [0.4, 0.5) is 22.0 Å². The smallest absolute Gasteiger partial charge is 0.308 e. The van der Waals surface area contributed by atoms with Gasteiger partial charge in [-0.15, -0.1) is 0 Å². The molecule has 2 rings (SSSR count). The maximum absolute atomic E-state index is 13.5. The summed E-state index contributed by atoms with van der Waals surface area (Å²) in [7, 11) is 0. The van der Waals surface area contributed by atoms with Crippen LogP contribution in [0, 0.1) is 36.0 Å². The molecule has 27 heavy (non-hydrogen) atoms. The zero-order valence-electron chi connectivity index (χ0n) is 14.3. The Balaban J connectivity index is 1.85. The molecule has 1 unspecified atom stereocenters. The second-order valence-electron chi connectivity index (χ2n) is 5.60. The van der Waals surface area contributed by atoms with E-state index in [1.165, 1.54) is 0 Å². The average molecular weight is 406 g/mol. The number of halogens is 5. The molecule has 0 spiro atoms. The number of benzene rings is 2. The Kier molecular flexibility index (Phi) is 7.20. The van der Waals surface area contributed by atoms with E-state index in [1.807, 2.05) is 31.2 Å². The Labute approximate surface area is 156 Å². The van der Waals surface area contributed by atoms with E-state index in [4.69, 9.17) is 8.92 Å². The highest BCUT2D eigenvalue weighted by Crippen LogP contribution is 2.31. The molecule has 0 aliphatic carbocycles. The molecule has 0 amide bonds. The van der Waals surface area contributed by atoms with Gasteiger partial charge in [-0.2, -0.15) is 0 Å². The van der Waals surface area contributed by atoms with Crippen molar-refractivity contribution in [3.8, 4) is 0 Å². The lowest BCUT2D eigenvalue weighted by molar-refractivity contribution is -0.149. The highest BCUT2D eigenvalue weighted by molar-refractivity contribution is 7.94. The molecule has 0 radical (unpaired) electrons. The Hall–Kier alpha value is -2.13. The fourth-order valence-corrected chi connectivity index (χ4v) is 2.66. The number of hydrogen-bond donors (Lipinski definition) is 0. The predicted octanol–water partition coefficient (Wildman–Crippen LogP) is 5.41. The first-order valence-corrected chi connectivity index (χ1v) is 8.53. The monoisotopic (exact) mass is 406 g/mol. The second-order valence-corrected chi connectivity index (χ2v) is 6.41. The van der Waals surface area contributed by atoms with Crippen molar-refractivity contribution in [1.29, 1.82) is 0 Å². The van der Waals surface area contributed by atoms with Crippen LogP contribution < -0.4 is 0 Å². The maximum Gasteiger partial charge on any atom is 0.308 e. The molecule has 2 aromatic carbocycles. The third-order valence-electron chi connectivity index (χ3n) is 3.56. The van der Waals surface area contributed by atoms with Crippen molar-refractivity contribution < 1.29 is 35.7 Å². The molecule has 0 bridgehead atoms. The van der Waals surface area contributed by atoms with Crippen molar-refractivity contribution in [2.75, 3.05) is 6.61 Å². The van der Waals surface area contributed by atoms with Gasteiger partial charge in [0.05, 0.1) is 13.0 Å². The van der Waals surface area contributed by atoms with E-state index >= 15 is 0 Å². The standard InChI is InChI=1S/C18H15F5O3S/c1-9-3-5-11(6-4-9)10(2)26-12(24)7-8-25-27-18-16(22)14(20)13(19)15(21)17(18)23/h3-6,10H,7-8H2,1-2H3. The van der Waals surface area contributed by atoms with Gasteiger partial charge in [-0.3, -0.25) is 4.79 Å². The van der Waals surface area contributed by atoms with Crippen molar-refractivity contribution in [3.05, 3.63) is 64.5 Å². The summed E-state index contributed by atoms with van der Waals surface area (Å²) in [5, 5.41) is 0. The fraction of sp³-hybridized carbons (Fsp3) is 0.278. The van der Waals surface area contributed by atoms with E-state index < -0.39 is 46.1 Å². The maximum atomic E-state index is 13.5. The average Bonchev–Trinajstić information content (AvgIpc) is 2.64. The molecule has 0 aliphatic rings. The Morgan fingerprint density at radius 3 is 2.04 bits per heavy atom. The van der Waals surface area contributed by atoms with E-state index in [-0.39, 0.29) is 25.1 Å². The van der Waals surface area contributed by atoms with Crippen LogP contribution in [0.2, 0.25) is 0 Å². The minimum atomic E-state index is -2.25. The largest absolute Gasteiger partial charge is 0.458 e. The number of hydrogen-bond acceptors (Lipinski definition) is 4. The molecule has 0 saturated carbocycles. The van der Waals surface area contributed by atoms with Gasteiger partial charge in [-0.05, 0) is 19.4 Å². The number of carbonyl (C=O) groups is 1. The van der Waals surface area contributed by atoms with E-state index in [0.717, 1.165) is 11.1 Å². The summed E-state index contributed by atoms with van der Waals surface area (Å²) in [6.07, 6.45) is -0.778. The minimum Gasteiger partial charge on any atom is -0.458 e. The van der Waals surface area contributed by atoms with Crippen LogP contribution in [0.1, 0.15) is 30.6 Å². The van der Waals surface area contributed by atoms with Gasteiger partial charge < -0.3 is 8.92 Å². The topological polar surface area (TPSA) is 35.5 Å². The summed E-state index contributed by atoms with van der Waals surface area (Å²) in [5.74, 6) is -11.0. The summed E-state index contributed by atoms with van der Waals surface area (Å²) < 4.78 is 76.0. The SMILES string of the molecule is Cc1ccc(C(C)OC(=O)CCOSc2c(F)c(F)c(F)c(F)c2F)cc1. The van der Waals surface area contributed by atoms with E-state index in [1.54, 1.807) is 6.92 Å². The van der Waals surface area contributed by atoms with Crippen molar-refractivity contribution in [3.63, 3.8) is 0 Å². The fourth-order valence-electron chi connectivity index (χ4n) is 2.05. The lowest BCUT2D eigenvalue weighted by atomic mass is 10.1. The molecular weight excluding hydrogens is 391 g/mol. The molecule has 0 heterocycles. The third-order valence-corrected chi connectivity index (χ3v) is 4.37. The van der Waals surface area contributed by atoms with Crippen LogP contribution in [0.3, 0.4) is 0 Å². The van der Waals surface area contributed by atoms with Gasteiger partial charge in [-0.25, -0.2) is 22.0 Å². The molecule has 0 fully saturated rings. The van der Waals surface area contributed by atoms with Crippen LogP contribution >= 0.6 is 12.0 Å². The molecule has 2 aromatic rings. The van der Waals surface area contributed by atoms with Gasteiger partial charge in [-0.1, -0.05) is 29.8 Å². The highest BCUT2D eigenvalue weighted by atomic mass is 32.2. The molecule has 0 N–H and O–H groups in total. The van der Waals surface area contributed by atoms with Crippen molar-refractivity contribution >= 4 is 18.0 Å². The summed E-state index contributed by atoms with van der Waals surface area (Å²) in [6, 6.07) is 7.35. The van der Waals surface area contributed by atoms with Gasteiger partial charge in [0.1, 0.15) is 11.0 Å². The van der Waals surface area contributed by atoms with Crippen molar-refractivity contribution in [1.82, 2.24) is 0 Å². The van der Waals surface area contributed by atoms with E-state index in [0.29, 0.717) is 0 Å². The van der Waals surface area contributed by atoms with Crippen LogP contribution in [-0.2, 0) is 13.7 Å². The molecule has 0 saturated heterocycles. The van der Waals surface area contributed by atoms with Gasteiger partial charge >= 0.3 is 5.97 Å². The Bertz CT molecular complexity index is 798. The summed E-state index contributed by atoms with van der Waals surface area (Å²) in [5.41, 5.74) is 1.83. The number of rotatable bonds is 7. The normalized spacial score (nSPS) is 12.1. The van der Waals surface area contributed by atoms with Gasteiger partial charge in [0, 0.05) is 12.0 Å². The molecule has 0 aliphatic heterocycles. The van der Waals surface area contributed by atoms with E-state index in [2.05, 4.69) is 0 Å². The van der Waals surface area contributed by atoms with Gasteiger partial charge in [0.15, 0.2) is 23.3 Å². The first-order chi connectivity index (χ1) is 12.7. The van der Waals surface area contributed by atoms with Crippen molar-refractivity contribution in [2.45, 2.75) is 31.3 Å². The van der Waals surface area contributed by atoms with Crippen LogP contribution in [-0.4, -0.2) is 12.6 Å². The Morgan fingerprint density at radius 1 is 0.963 bits per heavy atom. The van der Waals surface area contributed by atoms with Crippen molar-refractivity contribution in [2.24, 2.45) is 0 Å². The first-order valence-electron chi connectivity index (χ1n) is 7.79. The minimum absolute atomic E-state index is 0.0349. The highest BCUT2D eigenvalue weighted by Gasteiger charge is 2.26. The van der Waals surface area contributed by atoms with Gasteiger partial charge in [0.25, 0.3) is 0 Å². The molecule has 9 heteroatoms. The number of esters is 1. The van der Waals surface area contributed by atoms with E-state index in [9.17, 15) is 26.7 Å². The number of carbonyl (C=O) groups excluding carboxylic acids is 1.